The van der Waals surface area contributed by atoms with Gasteiger partial charge in [0.25, 0.3) is 0 Å². The topological polar surface area (TPSA) is 17.8 Å². The fraction of sp³-hybridized carbons (Fsp3) is 0.250. The molecule has 0 fully saturated rings. The zero-order valence-electron chi connectivity index (χ0n) is 13.7. The van der Waals surface area contributed by atoms with Gasteiger partial charge < -0.3 is 4.57 Å². The average molecular weight is 290 g/mol. The number of aromatic nitrogens is 2. The van der Waals surface area contributed by atoms with Gasteiger partial charge >= 0.3 is 0 Å². The number of hydrogen-bond acceptors (Lipinski definition) is 1. The number of nitrogens with zero attached hydrogens (tertiary/aromatic N) is 2. The van der Waals surface area contributed by atoms with Crippen molar-refractivity contribution in [2.45, 2.75) is 33.7 Å². The van der Waals surface area contributed by atoms with Crippen LogP contribution in [-0.2, 0) is 0 Å². The Kier molecular flexibility index (Phi) is 3.84. The molecule has 2 aromatic carbocycles. The highest BCUT2D eigenvalue weighted by Gasteiger charge is 2.12. The van der Waals surface area contributed by atoms with Gasteiger partial charge in [-0.15, -0.1) is 0 Å². The van der Waals surface area contributed by atoms with Crippen LogP contribution in [0.5, 0.6) is 0 Å². The molecule has 0 unspecified atom stereocenters. The lowest BCUT2D eigenvalue weighted by atomic mass is 10.1. The van der Waals surface area contributed by atoms with E-state index < -0.39 is 0 Å². The largest absolute Gasteiger partial charge is 0.322 e. The van der Waals surface area contributed by atoms with Crippen LogP contribution in [0.4, 0.5) is 0 Å². The van der Waals surface area contributed by atoms with E-state index in [1.54, 1.807) is 0 Å². The van der Waals surface area contributed by atoms with Gasteiger partial charge in [0.1, 0.15) is 5.82 Å². The predicted molar refractivity (Wildman–Crippen MR) is 95.0 cm³/mol. The number of benzene rings is 2. The zero-order chi connectivity index (χ0) is 15.7. The molecular formula is C20H22N2. The van der Waals surface area contributed by atoms with Crippen molar-refractivity contribution < 1.29 is 0 Å². The fourth-order valence-electron chi connectivity index (χ4n) is 2.76. The van der Waals surface area contributed by atoms with Crippen LogP contribution in [0.1, 0.15) is 42.4 Å². The van der Waals surface area contributed by atoms with Crippen molar-refractivity contribution in [1.82, 2.24) is 9.55 Å². The average Bonchev–Trinajstić information content (AvgIpc) is 2.84. The van der Waals surface area contributed by atoms with Crippen molar-refractivity contribution in [3.8, 4) is 0 Å². The Morgan fingerprint density at radius 2 is 1.64 bits per heavy atom. The van der Waals surface area contributed by atoms with Crippen molar-refractivity contribution in [1.29, 1.82) is 0 Å². The molecule has 2 heteroatoms. The van der Waals surface area contributed by atoms with Crippen LogP contribution in [0.15, 0.2) is 42.5 Å². The zero-order valence-corrected chi connectivity index (χ0v) is 13.7. The molecule has 0 amide bonds. The molecule has 0 aliphatic heterocycles. The van der Waals surface area contributed by atoms with Gasteiger partial charge in [0.2, 0.25) is 0 Å². The third-order valence-corrected chi connectivity index (χ3v) is 4.07. The lowest BCUT2D eigenvalue weighted by Gasteiger charge is -2.11. The highest BCUT2D eigenvalue weighted by atomic mass is 15.1. The number of hydrogen-bond donors (Lipinski definition) is 0. The first-order chi connectivity index (χ1) is 10.6. The second-order valence-corrected chi connectivity index (χ2v) is 6.10. The first-order valence-corrected chi connectivity index (χ1v) is 7.78. The van der Waals surface area contributed by atoms with E-state index in [-0.39, 0.29) is 0 Å². The van der Waals surface area contributed by atoms with Crippen molar-refractivity contribution in [3.05, 3.63) is 65.0 Å². The lowest BCUT2D eigenvalue weighted by Crippen LogP contribution is -2.03. The van der Waals surface area contributed by atoms with Gasteiger partial charge in [-0.1, -0.05) is 36.4 Å². The summed E-state index contributed by atoms with van der Waals surface area (Å²) in [4.78, 5) is 4.83. The summed E-state index contributed by atoms with van der Waals surface area (Å²) in [7, 11) is 0. The summed E-state index contributed by atoms with van der Waals surface area (Å²) in [6.07, 6.45) is 4.24. The van der Waals surface area contributed by atoms with Gasteiger partial charge in [-0.05, 0) is 62.6 Å². The summed E-state index contributed by atoms with van der Waals surface area (Å²) < 4.78 is 2.31. The predicted octanol–water partition coefficient (Wildman–Crippen LogP) is 5.40. The molecule has 0 aliphatic carbocycles. The van der Waals surface area contributed by atoms with Crippen molar-refractivity contribution in [3.63, 3.8) is 0 Å². The summed E-state index contributed by atoms with van der Waals surface area (Å²) >= 11 is 0. The number of fused-ring (bicyclic) bond motifs is 1. The van der Waals surface area contributed by atoms with E-state index in [2.05, 4.69) is 80.8 Å². The van der Waals surface area contributed by atoms with E-state index in [4.69, 9.17) is 4.98 Å². The van der Waals surface area contributed by atoms with E-state index >= 15 is 0 Å². The van der Waals surface area contributed by atoms with Crippen LogP contribution in [0.3, 0.4) is 0 Å². The molecule has 0 aliphatic rings. The Morgan fingerprint density at radius 3 is 2.32 bits per heavy atom. The highest BCUT2D eigenvalue weighted by molar-refractivity contribution is 5.81. The lowest BCUT2D eigenvalue weighted by molar-refractivity contribution is 0.612. The number of aryl methyl sites for hydroxylation is 2. The SMILES string of the molecule is Cc1cc2nc(/C=C/c3ccccc3)n(C(C)C)c2cc1C. The quantitative estimate of drug-likeness (QED) is 0.631. The van der Waals surface area contributed by atoms with Crippen LogP contribution in [0.25, 0.3) is 23.2 Å². The van der Waals surface area contributed by atoms with Crippen LogP contribution in [0.2, 0.25) is 0 Å². The van der Waals surface area contributed by atoms with Crippen LogP contribution in [0, 0.1) is 13.8 Å². The molecule has 0 N–H and O–H groups in total. The molecule has 0 radical (unpaired) electrons. The minimum absolute atomic E-state index is 0.377. The molecule has 0 spiro atoms. The molecule has 3 aromatic rings. The summed E-state index contributed by atoms with van der Waals surface area (Å²) in [6.45, 7) is 8.71. The van der Waals surface area contributed by atoms with Gasteiger partial charge in [-0.2, -0.15) is 0 Å². The van der Waals surface area contributed by atoms with Crippen molar-refractivity contribution in [2.24, 2.45) is 0 Å². The van der Waals surface area contributed by atoms with Gasteiger partial charge in [0, 0.05) is 6.04 Å². The number of rotatable bonds is 3. The fourth-order valence-corrected chi connectivity index (χ4v) is 2.76. The van der Waals surface area contributed by atoms with Crippen LogP contribution < -0.4 is 0 Å². The Hall–Kier alpha value is -2.35. The van der Waals surface area contributed by atoms with E-state index in [1.807, 2.05) is 6.07 Å². The molecule has 0 atom stereocenters. The maximum absolute atomic E-state index is 4.83. The molecular weight excluding hydrogens is 268 g/mol. The van der Waals surface area contributed by atoms with Crippen molar-refractivity contribution >= 4 is 23.2 Å². The summed E-state index contributed by atoms with van der Waals surface area (Å²) in [5.41, 5.74) is 6.08. The summed E-state index contributed by atoms with van der Waals surface area (Å²) in [5, 5.41) is 0. The van der Waals surface area contributed by atoms with E-state index in [0.29, 0.717) is 6.04 Å². The molecule has 0 saturated carbocycles. The van der Waals surface area contributed by atoms with E-state index in [1.165, 1.54) is 22.2 Å². The van der Waals surface area contributed by atoms with Crippen LogP contribution in [-0.4, -0.2) is 9.55 Å². The van der Waals surface area contributed by atoms with Crippen molar-refractivity contribution in [2.75, 3.05) is 0 Å². The molecule has 3 rings (SSSR count). The minimum atomic E-state index is 0.377. The molecule has 2 nitrogen and oxygen atoms in total. The molecule has 1 heterocycles. The Bertz CT molecular complexity index is 824. The maximum Gasteiger partial charge on any atom is 0.134 e. The number of imidazole rings is 1. The summed E-state index contributed by atoms with van der Waals surface area (Å²) in [6, 6.07) is 15.2. The summed E-state index contributed by atoms with van der Waals surface area (Å²) in [5.74, 6) is 1.01. The molecule has 0 bridgehead atoms. The molecule has 1 aromatic heterocycles. The highest BCUT2D eigenvalue weighted by Crippen LogP contribution is 2.25. The third-order valence-electron chi connectivity index (χ3n) is 4.07. The van der Waals surface area contributed by atoms with Crippen LogP contribution >= 0.6 is 0 Å². The second kappa shape index (κ2) is 5.80. The Balaban J connectivity index is 2.13. The third kappa shape index (κ3) is 2.69. The molecule has 0 saturated heterocycles. The molecule has 22 heavy (non-hydrogen) atoms. The maximum atomic E-state index is 4.83. The normalized spacial score (nSPS) is 11.9. The Morgan fingerprint density at radius 1 is 0.955 bits per heavy atom. The monoisotopic (exact) mass is 290 g/mol. The van der Waals surface area contributed by atoms with Gasteiger partial charge in [0.15, 0.2) is 0 Å². The molecule has 112 valence electrons. The van der Waals surface area contributed by atoms with E-state index in [9.17, 15) is 0 Å². The first kappa shape index (κ1) is 14.6. The smallest absolute Gasteiger partial charge is 0.134 e. The van der Waals surface area contributed by atoms with Gasteiger partial charge in [-0.3, -0.25) is 0 Å². The van der Waals surface area contributed by atoms with Gasteiger partial charge in [0.05, 0.1) is 11.0 Å². The first-order valence-electron chi connectivity index (χ1n) is 7.78. The van der Waals surface area contributed by atoms with Gasteiger partial charge in [-0.25, -0.2) is 4.98 Å². The van der Waals surface area contributed by atoms with E-state index in [0.717, 1.165) is 11.3 Å². The minimum Gasteiger partial charge on any atom is -0.322 e. The second-order valence-electron chi connectivity index (χ2n) is 6.10. The standard InChI is InChI=1S/C20H22N2/c1-14(2)22-19-13-16(4)15(3)12-18(19)21-20(22)11-10-17-8-6-5-7-9-17/h5-14H,1-4H3/b11-10+. The Labute approximate surface area is 132 Å².